The van der Waals surface area contributed by atoms with Crippen LogP contribution in [0.4, 0.5) is 13.2 Å². The molecular formula is C29H36F3N3O2. The highest BCUT2D eigenvalue weighted by Gasteiger charge is 2.46. The number of pyridine rings is 1. The third-order valence-electron chi connectivity index (χ3n) is 8.55. The molecule has 200 valence electrons. The number of carbonyl (C=O) groups excluding carboxylic acids is 1. The van der Waals surface area contributed by atoms with Gasteiger partial charge in [0.05, 0.1) is 25.2 Å². The molecule has 5 rings (SSSR count). The van der Waals surface area contributed by atoms with Gasteiger partial charge in [-0.2, -0.15) is 13.2 Å². The van der Waals surface area contributed by atoms with E-state index in [9.17, 15) is 18.0 Å². The summed E-state index contributed by atoms with van der Waals surface area (Å²) in [6, 6.07) is 11.8. The molecule has 1 aliphatic heterocycles. The number of carbonyl (C=O) groups is 1. The highest BCUT2D eigenvalue weighted by Crippen LogP contribution is 2.43. The van der Waals surface area contributed by atoms with Crippen molar-refractivity contribution < 1.29 is 22.7 Å². The summed E-state index contributed by atoms with van der Waals surface area (Å²) in [7, 11) is 1.60. The SMILES string of the molecule is COc1ncc(C2CCC2)cc1CNC1CCC(c2ccccc2)N1C(=O)C1CCCC(C(F)(F)F)C1. The first kappa shape index (κ1) is 26.0. The Balaban J connectivity index is 1.36. The number of amides is 1. The summed E-state index contributed by atoms with van der Waals surface area (Å²) in [5.74, 6) is -1.06. The van der Waals surface area contributed by atoms with Crippen LogP contribution in [0.15, 0.2) is 42.6 Å². The monoisotopic (exact) mass is 515 g/mol. The van der Waals surface area contributed by atoms with Crippen molar-refractivity contribution in [3.05, 3.63) is 59.3 Å². The smallest absolute Gasteiger partial charge is 0.391 e. The van der Waals surface area contributed by atoms with Crippen LogP contribution in [0.1, 0.15) is 86.4 Å². The van der Waals surface area contributed by atoms with Crippen LogP contribution < -0.4 is 10.1 Å². The zero-order valence-electron chi connectivity index (χ0n) is 21.3. The molecule has 5 nitrogen and oxygen atoms in total. The quantitative estimate of drug-likeness (QED) is 0.457. The number of nitrogens with zero attached hydrogens (tertiary/aromatic N) is 2. The molecule has 2 heterocycles. The fraction of sp³-hybridized carbons (Fsp3) is 0.586. The van der Waals surface area contributed by atoms with Gasteiger partial charge in [0.15, 0.2) is 0 Å². The van der Waals surface area contributed by atoms with Crippen molar-refractivity contribution in [1.82, 2.24) is 15.2 Å². The van der Waals surface area contributed by atoms with E-state index in [2.05, 4.69) is 16.4 Å². The third-order valence-corrected chi connectivity index (χ3v) is 8.55. The maximum Gasteiger partial charge on any atom is 0.391 e. The molecular weight excluding hydrogens is 479 g/mol. The zero-order valence-corrected chi connectivity index (χ0v) is 21.3. The van der Waals surface area contributed by atoms with Gasteiger partial charge in [0.2, 0.25) is 11.8 Å². The van der Waals surface area contributed by atoms with Gasteiger partial charge < -0.3 is 9.64 Å². The van der Waals surface area contributed by atoms with E-state index in [1.165, 1.54) is 24.8 Å². The topological polar surface area (TPSA) is 54.5 Å². The van der Waals surface area contributed by atoms with Gasteiger partial charge in [-0.3, -0.25) is 10.1 Å². The van der Waals surface area contributed by atoms with Gasteiger partial charge in [0, 0.05) is 24.2 Å². The summed E-state index contributed by atoms with van der Waals surface area (Å²) < 4.78 is 46.1. The molecule has 1 amide bonds. The number of alkyl halides is 3. The molecule has 1 aromatic carbocycles. The summed E-state index contributed by atoms with van der Waals surface area (Å²) in [5.41, 5.74) is 3.18. The number of benzene rings is 1. The number of likely N-dealkylation sites (tertiary alicyclic amines) is 1. The van der Waals surface area contributed by atoms with Crippen LogP contribution in [0.2, 0.25) is 0 Å². The van der Waals surface area contributed by atoms with Crippen molar-refractivity contribution in [1.29, 1.82) is 0 Å². The minimum Gasteiger partial charge on any atom is -0.481 e. The van der Waals surface area contributed by atoms with Crippen molar-refractivity contribution in [3.63, 3.8) is 0 Å². The second-order valence-corrected chi connectivity index (χ2v) is 10.8. The Labute approximate surface area is 216 Å². The molecule has 2 aliphatic carbocycles. The summed E-state index contributed by atoms with van der Waals surface area (Å²) >= 11 is 0. The van der Waals surface area contributed by atoms with Gasteiger partial charge in [0.1, 0.15) is 0 Å². The molecule has 1 saturated heterocycles. The Morgan fingerprint density at radius 3 is 2.49 bits per heavy atom. The lowest BCUT2D eigenvalue weighted by Gasteiger charge is -2.37. The predicted molar refractivity (Wildman–Crippen MR) is 135 cm³/mol. The van der Waals surface area contributed by atoms with E-state index in [1.807, 2.05) is 41.4 Å². The van der Waals surface area contributed by atoms with Gasteiger partial charge >= 0.3 is 6.18 Å². The van der Waals surface area contributed by atoms with Gasteiger partial charge in [-0.1, -0.05) is 43.2 Å². The van der Waals surface area contributed by atoms with Crippen LogP contribution in [0.25, 0.3) is 0 Å². The first-order valence-electron chi connectivity index (χ1n) is 13.5. The molecule has 2 saturated carbocycles. The molecule has 3 fully saturated rings. The first-order valence-corrected chi connectivity index (χ1v) is 13.5. The standard InChI is InChI=1S/C29H36F3N3O2/c1-37-27-23(15-22(17-34-27)19-9-5-10-19)18-33-26-14-13-25(20-7-3-2-4-8-20)35(26)28(36)21-11-6-12-24(16-21)29(30,31)32/h2-4,7-8,15,17,19,21,24-26,33H,5-6,9-14,16,18H2,1H3. The lowest BCUT2D eigenvalue weighted by molar-refractivity contribution is -0.187. The van der Waals surface area contributed by atoms with Gasteiger partial charge in [-0.05, 0) is 68.1 Å². The highest BCUT2D eigenvalue weighted by atomic mass is 19.4. The van der Waals surface area contributed by atoms with Crippen LogP contribution in [0.5, 0.6) is 5.88 Å². The van der Waals surface area contributed by atoms with Crippen molar-refractivity contribution in [2.75, 3.05) is 7.11 Å². The fourth-order valence-electron chi connectivity index (χ4n) is 6.26. The van der Waals surface area contributed by atoms with Gasteiger partial charge in [-0.25, -0.2) is 4.98 Å². The predicted octanol–water partition coefficient (Wildman–Crippen LogP) is 6.51. The number of halogens is 3. The lowest BCUT2D eigenvalue weighted by atomic mass is 9.80. The normalized spacial score (nSPS) is 26.6. The highest BCUT2D eigenvalue weighted by molar-refractivity contribution is 5.80. The lowest BCUT2D eigenvalue weighted by Crippen LogP contribution is -2.48. The molecule has 4 atom stereocenters. The van der Waals surface area contributed by atoms with Crippen molar-refractivity contribution >= 4 is 5.91 Å². The Bertz CT molecular complexity index is 1070. The summed E-state index contributed by atoms with van der Waals surface area (Å²) in [6.45, 7) is 0.475. The summed E-state index contributed by atoms with van der Waals surface area (Å²) in [4.78, 5) is 20.2. The molecule has 2 aromatic rings. The fourth-order valence-corrected chi connectivity index (χ4v) is 6.26. The minimum absolute atomic E-state index is 0.112. The summed E-state index contributed by atoms with van der Waals surface area (Å²) in [5, 5.41) is 3.55. The van der Waals surface area contributed by atoms with Gasteiger partial charge in [0.25, 0.3) is 0 Å². The Morgan fingerprint density at radius 2 is 1.81 bits per heavy atom. The average Bonchev–Trinajstić information content (AvgIpc) is 3.30. The Kier molecular flexibility index (Phi) is 7.75. The van der Waals surface area contributed by atoms with Crippen LogP contribution >= 0.6 is 0 Å². The Hall–Kier alpha value is -2.61. The van der Waals surface area contributed by atoms with E-state index in [4.69, 9.17) is 4.74 Å². The number of methoxy groups -OCH3 is 1. The average molecular weight is 516 g/mol. The molecule has 1 aromatic heterocycles. The number of hydrogen-bond donors (Lipinski definition) is 1. The second-order valence-electron chi connectivity index (χ2n) is 10.8. The third kappa shape index (κ3) is 5.64. The van der Waals surface area contributed by atoms with E-state index < -0.39 is 18.0 Å². The molecule has 8 heteroatoms. The van der Waals surface area contributed by atoms with Crippen molar-refractivity contribution in [2.24, 2.45) is 11.8 Å². The first-order chi connectivity index (χ1) is 17.8. The second kappa shape index (κ2) is 11.0. The number of rotatable bonds is 7. The van der Waals surface area contributed by atoms with Crippen molar-refractivity contribution in [3.8, 4) is 5.88 Å². The number of nitrogens with one attached hydrogen (secondary N) is 1. The number of ether oxygens (including phenoxy) is 1. The van der Waals surface area contributed by atoms with E-state index in [-0.39, 0.29) is 31.0 Å². The van der Waals surface area contributed by atoms with Crippen LogP contribution in [-0.2, 0) is 11.3 Å². The van der Waals surface area contributed by atoms with E-state index in [1.54, 1.807) is 7.11 Å². The van der Waals surface area contributed by atoms with Crippen LogP contribution in [0.3, 0.4) is 0 Å². The summed E-state index contributed by atoms with van der Waals surface area (Å²) in [6.07, 6.45) is 3.39. The van der Waals surface area contributed by atoms with E-state index in [0.29, 0.717) is 31.2 Å². The number of hydrogen-bond acceptors (Lipinski definition) is 4. The maximum atomic E-state index is 13.9. The zero-order chi connectivity index (χ0) is 26.0. The van der Waals surface area contributed by atoms with E-state index in [0.717, 1.165) is 24.0 Å². The van der Waals surface area contributed by atoms with Crippen LogP contribution in [-0.4, -0.2) is 35.2 Å². The Morgan fingerprint density at radius 1 is 1.05 bits per heavy atom. The number of aromatic nitrogens is 1. The maximum absolute atomic E-state index is 13.9. The largest absolute Gasteiger partial charge is 0.481 e. The van der Waals surface area contributed by atoms with E-state index >= 15 is 0 Å². The van der Waals surface area contributed by atoms with Gasteiger partial charge in [-0.15, -0.1) is 0 Å². The molecule has 0 radical (unpaired) electrons. The molecule has 37 heavy (non-hydrogen) atoms. The molecule has 1 N–H and O–H groups in total. The molecule has 3 aliphatic rings. The van der Waals surface area contributed by atoms with Crippen LogP contribution in [0, 0.1) is 11.8 Å². The van der Waals surface area contributed by atoms with Crippen molar-refractivity contribution in [2.45, 2.75) is 88.6 Å². The molecule has 4 unspecified atom stereocenters. The molecule has 0 bridgehead atoms. The molecule has 0 spiro atoms. The minimum atomic E-state index is -4.25.